The van der Waals surface area contributed by atoms with E-state index in [0.29, 0.717) is 43.4 Å². The molecular weight excluding hydrogens is 292 g/mol. The van der Waals surface area contributed by atoms with E-state index in [1.165, 1.54) is 0 Å². The number of aromatic nitrogens is 2. The summed E-state index contributed by atoms with van der Waals surface area (Å²) in [6.45, 7) is 3.92. The SMILES string of the molecule is CCCN(CCNc1ncccn1)C(=O)C1C=C(N)C=C(N)C1. The maximum Gasteiger partial charge on any atom is 0.230 e. The number of nitrogens with two attached hydrogens (primary N) is 2. The first kappa shape index (κ1) is 16.8. The Morgan fingerprint density at radius 2 is 2.09 bits per heavy atom. The van der Waals surface area contributed by atoms with Gasteiger partial charge in [-0.05, 0) is 24.6 Å². The minimum atomic E-state index is -0.278. The van der Waals surface area contributed by atoms with Crippen LogP contribution in [0.25, 0.3) is 0 Å². The Balaban J connectivity index is 1.92. The normalized spacial score (nSPS) is 17.2. The first-order valence-electron chi connectivity index (χ1n) is 7.83. The highest BCUT2D eigenvalue weighted by Crippen LogP contribution is 2.20. The van der Waals surface area contributed by atoms with E-state index in [0.717, 1.165) is 6.42 Å². The molecule has 1 aliphatic carbocycles. The van der Waals surface area contributed by atoms with Crippen molar-refractivity contribution in [2.75, 3.05) is 25.0 Å². The lowest BCUT2D eigenvalue weighted by atomic mass is 9.95. The highest BCUT2D eigenvalue weighted by Gasteiger charge is 2.24. The van der Waals surface area contributed by atoms with E-state index >= 15 is 0 Å². The number of hydrogen-bond donors (Lipinski definition) is 3. The second-order valence-electron chi connectivity index (χ2n) is 5.52. The molecule has 124 valence electrons. The highest BCUT2D eigenvalue weighted by molar-refractivity contribution is 5.81. The molecule has 2 rings (SSSR count). The van der Waals surface area contributed by atoms with Crippen LogP contribution in [0.3, 0.4) is 0 Å². The molecule has 0 fully saturated rings. The Hall–Kier alpha value is -2.57. The van der Waals surface area contributed by atoms with Crippen molar-refractivity contribution in [1.82, 2.24) is 14.9 Å². The maximum atomic E-state index is 12.7. The van der Waals surface area contributed by atoms with Crippen molar-refractivity contribution >= 4 is 11.9 Å². The summed E-state index contributed by atoms with van der Waals surface area (Å²) < 4.78 is 0. The molecule has 1 atom stereocenters. The second kappa shape index (κ2) is 8.17. The van der Waals surface area contributed by atoms with Crippen LogP contribution < -0.4 is 16.8 Å². The summed E-state index contributed by atoms with van der Waals surface area (Å²) in [6.07, 6.45) is 8.27. The van der Waals surface area contributed by atoms with Crippen molar-refractivity contribution < 1.29 is 4.79 Å². The number of nitrogens with one attached hydrogen (secondary N) is 1. The van der Waals surface area contributed by atoms with E-state index in [1.807, 2.05) is 11.8 Å². The van der Waals surface area contributed by atoms with Gasteiger partial charge in [-0.25, -0.2) is 9.97 Å². The highest BCUT2D eigenvalue weighted by atomic mass is 16.2. The van der Waals surface area contributed by atoms with Crippen molar-refractivity contribution in [3.8, 4) is 0 Å². The van der Waals surface area contributed by atoms with Gasteiger partial charge >= 0.3 is 0 Å². The Morgan fingerprint density at radius 1 is 1.35 bits per heavy atom. The molecule has 1 heterocycles. The zero-order chi connectivity index (χ0) is 16.7. The molecule has 5 N–H and O–H groups in total. The van der Waals surface area contributed by atoms with Crippen molar-refractivity contribution in [3.05, 3.63) is 42.0 Å². The molecule has 0 saturated carbocycles. The molecule has 1 aliphatic rings. The van der Waals surface area contributed by atoms with E-state index in [9.17, 15) is 4.79 Å². The molecule has 0 bridgehead atoms. The quantitative estimate of drug-likeness (QED) is 0.687. The summed E-state index contributed by atoms with van der Waals surface area (Å²) in [6, 6.07) is 1.76. The van der Waals surface area contributed by atoms with Crippen LogP contribution in [0.5, 0.6) is 0 Å². The van der Waals surface area contributed by atoms with Gasteiger partial charge in [0.2, 0.25) is 11.9 Å². The fraction of sp³-hybridized carbons (Fsp3) is 0.438. The molecule has 1 aromatic heterocycles. The molecule has 1 amide bonds. The third-order valence-corrected chi connectivity index (χ3v) is 3.55. The second-order valence-corrected chi connectivity index (χ2v) is 5.52. The molecule has 1 unspecified atom stereocenters. The van der Waals surface area contributed by atoms with Crippen LogP contribution in [0.4, 0.5) is 5.95 Å². The molecule has 0 saturated heterocycles. The van der Waals surface area contributed by atoms with Crippen molar-refractivity contribution in [3.63, 3.8) is 0 Å². The van der Waals surface area contributed by atoms with Crippen LogP contribution >= 0.6 is 0 Å². The predicted octanol–water partition coefficient (Wildman–Crippen LogP) is 0.832. The van der Waals surface area contributed by atoms with Crippen LogP contribution in [0, 0.1) is 5.92 Å². The Kier molecular flexibility index (Phi) is 5.96. The molecule has 0 spiro atoms. The molecular formula is C16H24N6O. The van der Waals surface area contributed by atoms with E-state index in [2.05, 4.69) is 15.3 Å². The molecule has 0 aliphatic heterocycles. The number of nitrogens with zero attached hydrogens (tertiary/aromatic N) is 3. The number of hydrogen-bond acceptors (Lipinski definition) is 6. The summed E-state index contributed by atoms with van der Waals surface area (Å²) in [4.78, 5) is 22.7. The van der Waals surface area contributed by atoms with E-state index < -0.39 is 0 Å². The minimum absolute atomic E-state index is 0.0571. The van der Waals surface area contributed by atoms with Crippen molar-refractivity contribution in [2.45, 2.75) is 19.8 Å². The lowest BCUT2D eigenvalue weighted by Gasteiger charge is -2.27. The third kappa shape index (κ3) is 4.98. The van der Waals surface area contributed by atoms with Crippen LogP contribution in [-0.4, -0.2) is 40.4 Å². The van der Waals surface area contributed by atoms with Crippen LogP contribution in [0.2, 0.25) is 0 Å². The van der Waals surface area contributed by atoms with E-state index in [1.54, 1.807) is 30.6 Å². The molecule has 0 radical (unpaired) electrons. The minimum Gasteiger partial charge on any atom is -0.402 e. The van der Waals surface area contributed by atoms with E-state index in [4.69, 9.17) is 11.5 Å². The van der Waals surface area contributed by atoms with Gasteiger partial charge in [0, 0.05) is 49.8 Å². The average Bonchev–Trinajstić information content (AvgIpc) is 2.53. The molecule has 7 heteroatoms. The van der Waals surface area contributed by atoms with Gasteiger partial charge in [0.15, 0.2) is 0 Å². The lowest BCUT2D eigenvalue weighted by Crippen LogP contribution is -2.40. The number of anilines is 1. The zero-order valence-electron chi connectivity index (χ0n) is 13.4. The predicted molar refractivity (Wildman–Crippen MR) is 90.0 cm³/mol. The fourth-order valence-electron chi connectivity index (χ4n) is 2.55. The first-order chi connectivity index (χ1) is 11.1. The van der Waals surface area contributed by atoms with Crippen LogP contribution in [0.15, 0.2) is 42.0 Å². The summed E-state index contributed by atoms with van der Waals surface area (Å²) in [5.41, 5.74) is 12.9. The van der Waals surface area contributed by atoms with Crippen molar-refractivity contribution in [1.29, 1.82) is 0 Å². The smallest absolute Gasteiger partial charge is 0.230 e. The van der Waals surface area contributed by atoms with Gasteiger partial charge in [-0.15, -0.1) is 0 Å². The molecule has 0 aromatic carbocycles. The van der Waals surface area contributed by atoms with Gasteiger partial charge in [0.1, 0.15) is 0 Å². The van der Waals surface area contributed by atoms with Gasteiger partial charge in [-0.1, -0.05) is 6.92 Å². The first-order valence-corrected chi connectivity index (χ1v) is 7.83. The maximum absolute atomic E-state index is 12.7. The van der Waals surface area contributed by atoms with E-state index in [-0.39, 0.29) is 11.8 Å². The summed E-state index contributed by atoms with van der Waals surface area (Å²) in [5, 5.41) is 3.12. The molecule has 1 aromatic rings. The fourth-order valence-corrected chi connectivity index (χ4v) is 2.55. The number of allylic oxidation sites excluding steroid dienone is 2. The number of rotatable bonds is 7. The number of carbonyl (C=O) groups excluding carboxylic acids is 1. The Labute approximate surface area is 136 Å². The Bertz CT molecular complexity index is 583. The zero-order valence-corrected chi connectivity index (χ0v) is 13.4. The van der Waals surface area contributed by atoms with Gasteiger partial charge in [0.25, 0.3) is 0 Å². The van der Waals surface area contributed by atoms with Crippen molar-refractivity contribution in [2.24, 2.45) is 17.4 Å². The van der Waals surface area contributed by atoms with Gasteiger partial charge < -0.3 is 21.7 Å². The summed E-state index contributed by atoms with van der Waals surface area (Å²) >= 11 is 0. The standard InChI is InChI=1S/C16H24N6O/c1-2-7-22(8-6-21-16-19-4-3-5-20-16)15(23)12-9-13(17)11-14(18)10-12/h3-5,9,11-12H,2,6-8,10,17-18H2,1H3,(H,19,20,21). The summed E-state index contributed by atoms with van der Waals surface area (Å²) in [7, 11) is 0. The Morgan fingerprint density at radius 3 is 2.74 bits per heavy atom. The van der Waals surface area contributed by atoms with Gasteiger partial charge in [-0.3, -0.25) is 4.79 Å². The van der Waals surface area contributed by atoms with Gasteiger partial charge in [0.05, 0.1) is 5.92 Å². The van der Waals surface area contributed by atoms with Gasteiger partial charge in [-0.2, -0.15) is 0 Å². The molecule has 7 nitrogen and oxygen atoms in total. The lowest BCUT2D eigenvalue weighted by molar-refractivity contribution is -0.133. The average molecular weight is 316 g/mol. The summed E-state index contributed by atoms with van der Waals surface area (Å²) in [5.74, 6) is 0.339. The number of amides is 1. The van der Waals surface area contributed by atoms with Crippen LogP contribution in [-0.2, 0) is 4.79 Å². The largest absolute Gasteiger partial charge is 0.402 e. The third-order valence-electron chi connectivity index (χ3n) is 3.55. The molecule has 23 heavy (non-hydrogen) atoms. The monoisotopic (exact) mass is 316 g/mol. The van der Waals surface area contributed by atoms with Crippen LogP contribution in [0.1, 0.15) is 19.8 Å². The topological polar surface area (TPSA) is 110 Å². The number of carbonyl (C=O) groups is 1.